The molecular formula is C16H31NO. The lowest BCUT2D eigenvalue weighted by atomic mass is 9.83. The molecule has 0 aromatic heterocycles. The van der Waals surface area contributed by atoms with E-state index < -0.39 is 0 Å². The molecule has 1 aliphatic heterocycles. The first-order valence-corrected chi connectivity index (χ1v) is 8.19. The van der Waals surface area contributed by atoms with Gasteiger partial charge in [-0.1, -0.05) is 39.5 Å². The van der Waals surface area contributed by atoms with Crippen LogP contribution in [0.4, 0.5) is 0 Å². The van der Waals surface area contributed by atoms with Gasteiger partial charge in [-0.15, -0.1) is 0 Å². The van der Waals surface area contributed by atoms with Gasteiger partial charge in [-0.3, -0.25) is 0 Å². The maximum Gasteiger partial charge on any atom is 0.0708 e. The highest BCUT2D eigenvalue weighted by molar-refractivity contribution is 4.92. The van der Waals surface area contributed by atoms with Gasteiger partial charge in [-0.05, 0) is 38.5 Å². The van der Waals surface area contributed by atoms with Crippen LogP contribution in [0.2, 0.25) is 0 Å². The fourth-order valence-electron chi connectivity index (χ4n) is 3.70. The van der Waals surface area contributed by atoms with Gasteiger partial charge >= 0.3 is 0 Å². The standard InChI is InChI=1S/C16H31NO/c1-3-8-14(4-2)17-13-15-9-12-16(18-15)10-6-5-7-11-16/h14-15,17H,3-13H2,1-2H3. The SMILES string of the molecule is CCCC(CC)NCC1CCC2(CCCCC2)O1. The van der Waals surface area contributed by atoms with E-state index in [1.165, 1.54) is 64.2 Å². The summed E-state index contributed by atoms with van der Waals surface area (Å²) in [7, 11) is 0. The summed E-state index contributed by atoms with van der Waals surface area (Å²) in [4.78, 5) is 0. The number of nitrogens with one attached hydrogen (secondary N) is 1. The molecule has 1 saturated heterocycles. The van der Waals surface area contributed by atoms with Crippen LogP contribution in [0, 0.1) is 0 Å². The summed E-state index contributed by atoms with van der Waals surface area (Å²) in [5.41, 5.74) is 0.289. The van der Waals surface area contributed by atoms with Gasteiger partial charge < -0.3 is 10.1 Å². The van der Waals surface area contributed by atoms with E-state index in [1.807, 2.05) is 0 Å². The van der Waals surface area contributed by atoms with Gasteiger partial charge in [-0.25, -0.2) is 0 Å². The molecule has 1 spiro atoms. The van der Waals surface area contributed by atoms with Gasteiger partial charge in [0.2, 0.25) is 0 Å². The number of hydrogen-bond acceptors (Lipinski definition) is 2. The highest BCUT2D eigenvalue weighted by Crippen LogP contribution is 2.41. The predicted molar refractivity (Wildman–Crippen MR) is 76.9 cm³/mol. The van der Waals surface area contributed by atoms with E-state index in [0.717, 1.165) is 6.54 Å². The lowest BCUT2D eigenvalue weighted by Gasteiger charge is -2.33. The molecule has 18 heavy (non-hydrogen) atoms. The minimum Gasteiger partial charge on any atom is -0.370 e. The molecule has 1 heterocycles. The number of rotatable bonds is 6. The minimum absolute atomic E-state index is 0.289. The van der Waals surface area contributed by atoms with E-state index in [4.69, 9.17) is 4.74 Å². The summed E-state index contributed by atoms with van der Waals surface area (Å²) < 4.78 is 6.40. The number of ether oxygens (including phenoxy) is 1. The molecule has 0 aromatic rings. The van der Waals surface area contributed by atoms with Crippen LogP contribution >= 0.6 is 0 Å². The zero-order valence-corrected chi connectivity index (χ0v) is 12.3. The first kappa shape index (κ1) is 14.3. The molecule has 2 atom stereocenters. The van der Waals surface area contributed by atoms with Crippen LogP contribution in [0.25, 0.3) is 0 Å². The molecule has 1 saturated carbocycles. The fourth-order valence-corrected chi connectivity index (χ4v) is 3.70. The van der Waals surface area contributed by atoms with Crippen molar-refractivity contribution < 1.29 is 4.74 Å². The van der Waals surface area contributed by atoms with Crippen LogP contribution in [0.3, 0.4) is 0 Å². The number of hydrogen-bond donors (Lipinski definition) is 1. The topological polar surface area (TPSA) is 21.3 Å². The summed E-state index contributed by atoms with van der Waals surface area (Å²) in [6.07, 6.45) is 13.7. The predicted octanol–water partition coefficient (Wildman–Crippen LogP) is 4.04. The van der Waals surface area contributed by atoms with Crippen LogP contribution in [0.5, 0.6) is 0 Å². The monoisotopic (exact) mass is 253 g/mol. The molecule has 1 aliphatic carbocycles. The van der Waals surface area contributed by atoms with Crippen molar-refractivity contribution in [1.82, 2.24) is 5.32 Å². The molecule has 0 radical (unpaired) electrons. The Balaban J connectivity index is 1.72. The van der Waals surface area contributed by atoms with Crippen molar-refractivity contribution in [2.24, 2.45) is 0 Å². The Morgan fingerprint density at radius 2 is 1.94 bits per heavy atom. The van der Waals surface area contributed by atoms with Gasteiger partial charge in [-0.2, -0.15) is 0 Å². The van der Waals surface area contributed by atoms with E-state index in [-0.39, 0.29) is 5.60 Å². The zero-order valence-electron chi connectivity index (χ0n) is 12.3. The largest absolute Gasteiger partial charge is 0.370 e. The van der Waals surface area contributed by atoms with Crippen molar-refractivity contribution >= 4 is 0 Å². The highest BCUT2D eigenvalue weighted by Gasteiger charge is 2.40. The Labute approximate surface area is 113 Å². The maximum absolute atomic E-state index is 6.40. The molecule has 0 aromatic carbocycles. The third kappa shape index (κ3) is 3.71. The van der Waals surface area contributed by atoms with Crippen LogP contribution in [0.15, 0.2) is 0 Å². The Bertz CT molecular complexity index is 235. The zero-order chi connectivity index (χ0) is 12.8. The molecule has 2 rings (SSSR count). The second-order valence-electron chi connectivity index (χ2n) is 6.32. The molecule has 2 nitrogen and oxygen atoms in total. The van der Waals surface area contributed by atoms with E-state index in [2.05, 4.69) is 19.2 Å². The Morgan fingerprint density at radius 3 is 2.61 bits per heavy atom. The van der Waals surface area contributed by atoms with Gasteiger partial charge in [0.1, 0.15) is 0 Å². The van der Waals surface area contributed by atoms with E-state index in [1.54, 1.807) is 0 Å². The molecule has 0 bridgehead atoms. The Kier molecular flexibility index (Phi) is 5.50. The molecule has 0 amide bonds. The van der Waals surface area contributed by atoms with Gasteiger partial charge in [0.15, 0.2) is 0 Å². The van der Waals surface area contributed by atoms with Crippen LogP contribution < -0.4 is 5.32 Å². The van der Waals surface area contributed by atoms with Crippen molar-refractivity contribution in [3.05, 3.63) is 0 Å². The van der Waals surface area contributed by atoms with E-state index in [0.29, 0.717) is 12.1 Å². The second-order valence-corrected chi connectivity index (χ2v) is 6.32. The first-order valence-electron chi connectivity index (χ1n) is 8.19. The van der Waals surface area contributed by atoms with Gasteiger partial charge in [0.25, 0.3) is 0 Å². The average Bonchev–Trinajstić information content (AvgIpc) is 2.78. The first-order chi connectivity index (χ1) is 8.78. The highest BCUT2D eigenvalue weighted by atomic mass is 16.5. The summed E-state index contributed by atoms with van der Waals surface area (Å²) in [5, 5.41) is 3.71. The van der Waals surface area contributed by atoms with Gasteiger partial charge in [0, 0.05) is 12.6 Å². The normalized spacial score (nSPS) is 28.7. The van der Waals surface area contributed by atoms with Crippen molar-refractivity contribution in [3.8, 4) is 0 Å². The lowest BCUT2D eigenvalue weighted by Crippen LogP contribution is -2.38. The molecule has 2 aliphatic rings. The van der Waals surface area contributed by atoms with Crippen molar-refractivity contribution in [2.45, 2.75) is 95.8 Å². The van der Waals surface area contributed by atoms with E-state index in [9.17, 15) is 0 Å². The molecule has 2 unspecified atom stereocenters. The minimum atomic E-state index is 0.289. The summed E-state index contributed by atoms with van der Waals surface area (Å²) >= 11 is 0. The third-order valence-electron chi connectivity index (χ3n) is 4.87. The molecular weight excluding hydrogens is 222 g/mol. The summed E-state index contributed by atoms with van der Waals surface area (Å²) in [6, 6.07) is 0.696. The molecule has 2 fully saturated rings. The third-order valence-corrected chi connectivity index (χ3v) is 4.87. The molecule has 1 N–H and O–H groups in total. The molecule has 106 valence electrons. The van der Waals surface area contributed by atoms with Crippen molar-refractivity contribution in [2.75, 3.05) is 6.54 Å². The van der Waals surface area contributed by atoms with Crippen molar-refractivity contribution in [1.29, 1.82) is 0 Å². The van der Waals surface area contributed by atoms with Crippen molar-refractivity contribution in [3.63, 3.8) is 0 Å². The average molecular weight is 253 g/mol. The Morgan fingerprint density at radius 1 is 1.17 bits per heavy atom. The molecule has 2 heteroatoms. The van der Waals surface area contributed by atoms with Crippen LogP contribution in [-0.2, 0) is 4.74 Å². The van der Waals surface area contributed by atoms with Gasteiger partial charge in [0.05, 0.1) is 11.7 Å². The van der Waals surface area contributed by atoms with E-state index >= 15 is 0 Å². The summed E-state index contributed by atoms with van der Waals surface area (Å²) in [5.74, 6) is 0. The quantitative estimate of drug-likeness (QED) is 0.771. The lowest BCUT2D eigenvalue weighted by molar-refractivity contribution is -0.0630. The van der Waals surface area contributed by atoms with Crippen LogP contribution in [0.1, 0.15) is 78.1 Å². The maximum atomic E-state index is 6.40. The fraction of sp³-hybridized carbons (Fsp3) is 1.00. The smallest absolute Gasteiger partial charge is 0.0708 e. The Hall–Kier alpha value is -0.0800. The second kappa shape index (κ2) is 6.91. The summed E-state index contributed by atoms with van der Waals surface area (Å²) in [6.45, 7) is 5.62. The van der Waals surface area contributed by atoms with Crippen LogP contribution in [-0.4, -0.2) is 24.3 Å².